The van der Waals surface area contributed by atoms with Crippen molar-refractivity contribution >= 4 is 45.6 Å². The van der Waals surface area contributed by atoms with Crippen LogP contribution < -0.4 is 10.6 Å². The summed E-state index contributed by atoms with van der Waals surface area (Å²) in [6, 6.07) is 15.6. The number of carbonyl (C=O) groups excluding carboxylic acids is 1. The molecule has 4 heterocycles. The number of halogens is 1. The van der Waals surface area contributed by atoms with E-state index in [0.29, 0.717) is 23.3 Å². The zero-order chi connectivity index (χ0) is 23.1. The van der Waals surface area contributed by atoms with Crippen LogP contribution in [-0.4, -0.2) is 24.8 Å². The molecule has 1 fully saturated rings. The van der Waals surface area contributed by atoms with E-state index < -0.39 is 0 Å². The van der Waals surface area contributed by atoms with Crippen molar-refractivity contribution in [2.45, 2.75) is 31.8 Å². The Morgan fingerprint density at radius 1 is 1.09 bits per heavy atom. The molecule has 170 valence electrons. The van der Waals surface area contributed by atoms with Gasteiger partial charge in [0.15, 0.2) is 0 Å². The quantitative estimate of drug-likeness (QED) is 0.331. The third kappa shape index (κ3) is 4.34. The second-order valence-corrected chi connectivity index (χ2v) is 9.15. The monoisotopic (exact) mass is 470 g/mol. The van der Waals surface area contributed by atoms with Crippen LogP contribution in [0, 0.1) is 0 Å². The summed E-state index contributed by atoms with van der Waals surface area (Å²) in [5.41, 5.74) is 5.06. The molecule has 1 aromatic carbocycles. The van der Waals surface area contributed by atoms with E-state index in [4.69, 9.17) is 16.6 Å². The summed E-state index contributed by atoms with van der Waals surface area (Å²) in [5.74, 6) is 1.05. The molecule has 5 aromatic rings. The molecule has 1 amide bonds. The van der Waals surface area contributed by atoms with E-state index in [1.54, 1.807) is 6.20 Å². The van der Waals surface area contributed by atoms with E-state index in [1.165, 1.54) is 18.4 Å². The van der Waals surface area contributed by atoms with Crippen molar-refractivity contribution in [3.8, 4) is 0 Å². The van der Waals surface area contributed by atoms with Gasteiger partial charge in [-0.2, -0.15) is 0 Å². The Balaban J connectivity index is 1.10. The molecule has 6 rings (SSSR count). The molecule has 0 unspecified atom stereocenters. The van der Waals surface area contributed by atoms with E-state index in [1.807, 2.05) is 47.2 Å². The minimum atomic E-state index is -0.158. The maximum absolute atomic E-state index is 12.6. The van der Waals surface area contributed by atoms with E-state index >= 15 is 0 Å². The Labute approximate surface area is 201 Å². The number of nitrogens with zero attached hydrogens (tertiary/aromatic N) is 4. The molecule has 1 aliphatic carbocycles. The van der Waals surface area contributed by atoms with E-state index in [-0.39, 0.29) is 12.5 Å². The molecule has 0 spiro atoms. The second kappa shape index (κ2) is 8.50. The Hall–Kier alpha value is -3.84. The van der Waals surface area contributed by atoms with E-state index in [2.05, 4.69) is 44.5 Å². The Kier molecular flexibility index (Phi) is 5.19. The van der Waals surface area contributed by atoms with E-state index in [9.17, 15) is 4.79 Å². The number of benzene rings is 1. The van der Waals surface area contributed by atoms with Crippen molar-refractivity contribution in [1.82, 2.24) is 18.9 Å². The molecule has 0 bridgehead atoms. The lowest BCUT2D eigenvalue weighted by Crippen LogP contribution is -2.19. The highest BCUT2D eigenvalue weighted by molar-refractivity contribution is 6.31. The first-order chi connectivity index (χ1) is 16.6. The first-order valence-electron chi connectivity index (χ1n) is 11.3. The standard InChI is InChI=1S/C26H23ClN6O/c27-20-5-3-18-8-10-32(23(18)11-20)16-26(34)31-24-12-21(7-9-28-24)29-13-22-15-33-14-19(17-1-2-17)4-6-25(33)30-22/h3-12,14-15,17H,1-2,13,16H2,(H2,28,29,31,34). The zero-order valence-corrected chi connectivity index (χ0v) is 19.2. The van der Waals surface area contributed by atoms with Gasteiger partial charge < -0.3 is 19.6 Å². The molecule has 0 aliphatic heterocycles. The summed E-state index contributed by atoms with van der Waals surface area (Å²) < 4.78 is 3.97. The van der Waals surface area contributed by atoms with Crippen LogP contribution in [0.3, 0.4) is 0 Å². The highest BCUT2D eigenvalue weighted by Crippen LogP contribution is 2.39. The Bertz CT molecular complexity index is 1520. The van der Waals surface area contributed by atoms with E-state index in [0.717, 1.165) is 27.9 Å². The van der Waals surface area contributed by atoms with Crippen LogP contribution in [0.4, 0.5) is 11.5 Å². The lowest BCUT2D eigenvalue weighted by Gasteiger charge is -2.09. The molecular weight excluding hydrogens is 448 g/mol. The van der Waals surface area contributed by atoms with Crippen molar-refractivity contribution in [1.29, 1.82) is 0 Å². The lowest BCUT2D eigenvalue weighted by molar-refractivity contribution is -0.116. The predicted molar refractivity (Wildman–Crippen MR) is 134 cm³/mol. The number of hydrogen-bond acceptors (Lipinski definition) is 4. The molecule has 0 atom stereocenters. The SMILES string of the molecule is O=C(Cn1ccc2ccc(Cl)cc21)Nc1cc(NCc2cn3cc(C4CC4)ccc3n2)ccn1. The van der Waals surface area contributed by atoms with Crippen LogP contribution in [-0.2, 0) is 17.9 Å². The van der Waals surface area contributed by atoms with Crippen molar-refractivity contribution in [3.63, 3.8) is 0 Å². The number of aromatic nitrogens is 4. The molecule has 1 aliphatic rings. The van der Waals surface area contributed by atoms with Crippen molar-refractivity contribution in [2.75, 3.05) is 10.6 Å². The number of rotatable bonds is 7. The fraction of sp³-hybridized carbons (Fsp3) is 0.192. The zero-order valence-electron chi connectivity index (χ0n) is 18.4. The maximum atomic E-state index is 12.6. The molecule has 0 saturated heterocycles. The van der Waals surface area contributed by atoms with Gasteiger partial charge in [-0.3, -0.25) is 4.79 Å². The second-order valence-electron chi connectivity index (χ2n) is 8.71. The van der Waals surface area contributed by atoms with Crippen LogP contribution >= 0.6 is 11.6 Å². The topological polar surface area (TPSA) is 76.2 Å². The van der Waals surface area contributed by atoms with Crippen LogP contribution in [0.5, 0.6) is 0 Å². The average molecular weight is 471 g/mol. The molecule has 8 heteroatoms. The fourth-order valence-corrected chi connectivity index (χ4v) is 4.40. The van der Waals surface area contributed by atoms with Gasteiger partial charge in [-0.05, 0) is 60.0 Å². The third-order valence-corrected chi connectivity index (χ3v) is 6.36. The van der Waals surface area contributed by atoms with Crippen molar-refractivity contribution in [2.24, 2.45) is 0 Å². The number of pyridine rings is 2. The number of amides is 1. The number of hydrogen-bond donors (Lipinski definition) is 2. The molecule has 34 heavy (non-hydrogen) atoms. The Morgan fingerprint density at radius 2 is 2.00 bits per heavy atom. The molecule has 7 nitrogen and oxygen atoms in total. The number of anilines is 2. The summed E-state index contributed by atoms with van der Waals surface area (Å²) in [5, 5.41) is 7.93. The van der Waals surface area contributed by atoms with Gasteiger partial charge in [0.1, 0.15) is 18.0 Å². The van der Waals surface area contributed by atoms with Gasteiger partial charge in [0.2, 0.25) is 5.91 Å². The molecule has 2 N–H and O–H groups in total. The van der Waals surface area contributed by atoms with Crippen molar-refractivity contribution < 1.29 is 4.79 Å². The normalized spacial score (nSPS) is 13.4. The van der Waals surface area contributed by atoms with Gasteiger partial charge in [-0.1, -0.05) is 23.7 Å². The average Bonchev–Trinajstić information content (AvgIpc) is 3.49. The highest BCUT2D eigenvalue weighted by Gasteiger charge is 2.23. The molecule has 1 saturated carbocycles. The summed E-state index contributed by atoms with van der Waals surface area (Å²) in [4.78, 5) is 21.6. The largest absolute Gasteiger partial charge is 0.379 e. The van der Waals surface area contributed by atoms with Crippen LogP contribution in [0.25, 0.3) is 16.6 Å². The summed E-state index contributed by atoms with van der Waals surface area (Å²) in [7, 11) is 0. The third-order valence-electron chi connectivity index (χ3n) is 6.12. The summed E-state index contributed by atoms with van der Waals surface area (Å²) >= 11 is 6.11. The van der Waals surface area contributed by atoms with Gasteiger partial charge >= 0.3 is 0 Å². The lowest BCUT2D eigenvalue weighted by atomic mass is 10.2. The minimum absolute atomic E-state index is 0.158. The first kappa shape index (κ1) is 20.7. The molecule has 0 radical (unpaired) electrons. The summed E-state index contributed by atoms with van der Waals surface area (Å²) in [6.07, 6.45) is 10.4. The van der Waals surface area contributed by atoms with Crippen LogP contribution in [0.1, 0.15) is 30.0 Å². The maximum Gasteiger partial charge on any atom is 0.245 e. The Morgan fingerprint density at radius 3 is 2.88 bits per heavy atom. The van der Waals surface area contributed by atoms with Gasteiger partial charge in [-0.15, -0.1) is 0 Å². The van der Waals surface area contributed by atoms with Gasteiger partial charge in [-0.25, -0.2) is 9.97 Å². The number of imidazole rings is 1. The van der Waals surface area contributed by atoms with Gasteiger partial charge in [0.05, 0.1) is 12.2 Å². The highest BCUT2D eigenvalue weighted by atomic mass is 35.5. The van der Waals surface area contributed by atoms with Crippen LogP contribution in [0.2, 0.25) is 5.02 Å². The van der Waals surface area contributed by atoms with Crippen LogP contribution in [0.15, 0.2) is 73.3 Å². The summed E-state index contributed by atoms with van der Waals surface area (Å²) in [6.45, 7) is 0.751. The van der Waals surface area contributed by atoms with Gasteiger partial charge in [0.25, 0.3) is 0 Å². The fourth-order valence-electron chi connectivity index (χ4n) is 4.24. The molecular formula is C26H23ClN6O. The predicted octanol–water partition coefficient (Wildman–Crippen LogP) is 5.47. The number of carbonyl (C=O) groups is 1. The molecule has 4 aromatic heterocycles. The first-order valence-corrected chi connectivity index (χ1v) is 11.7. The number of fused-ring (bicyclic) bond motifs is 2. The van der Waals surface area contributed by atoms with Gasteiger partial charge in [0, 0.05) is 47.1 Å². The smallest absolute Gasteiger partial charge is 0.245 e. The minimum Gasteiger partial charge on any atom is -0.379 e. The van der Waals surface area contributed by atoms with Crippen molar-refractivity contribution in [3.05, 3.63) is 89.6 Å². The number of nitrogens with one attached hydrogen (secondary N) is 2.